The third-order valence-electron chi connectivity index (χ3n) is 3.33. The molecule has 0 aliphatic heterocycles. The van der Waals surface area contributed by atoms with E-state index in [0.717, 1.165) is 5.01 Å². The van der Waals surface area contributed by atoms with Gasteiger partial charge in [0.15, 0.2) is 5.13 Å². The number of hydrogen-bond acceptors (Lipinski definition) is 7. The maximum absolute atomic E-state index is 12.1. The van der Waals surface area contributed by atoms with E-state index in [-0.39, 0.29) is 24.2 Å². The van der Waals surface area contributed by atoms with Gasteiger partial charge in [0.05, 0.1) is 12.1 Å². The Kier molecular flexibility index (Phi) is 5.69. The molecule has 2 N–H and O–H groups in total. The fraction of sp³-hybridized carbons (Fsp3) is 0.235. The Labute approximate surface area is 158 Å². The van der Waals surface area contributed by atoms with E-state index in [9.17, 15) is 9.59 Å². The summed E-state index contributed by atoms with van der Waals surface area (Å²) in [5.74, 6) is -0.179. The molecule has 2 heterocycles. The van der Waals surface area contributed by atoms with Crippen LogP contribution in [-0.4, -0.2) is 27.0 Å². The van der Waals surface area contributed by atoms with Gasteiger partial charge < -0.3 is 5.32 Å². The van der Waals surface area contributed by atoms with Crippen LogP contribution in [0.3, 0.4) is 0 Å². The minimum absolute atomic E-state index is 0.105. The molecular weight excluding hydrogens is 370 g/mol. The molecule has 0 aliphatic carbocycles. The van der Waals surface area contributed by atoms with Crippen LogP contribution in [-0.2, 0) is 11.2 Å². The van der Waals surface area contributed by atoms with Crippen molar-refractivity contribution < 1.29 is 9.59 Å². The van der Waals surface area contributed by atoms with Crippen LogP contribution in [0.5, 0.6) is 0 Å². The number of rotatable bonds is 6. The summed E-state index contributed by atoms with van der Waals surface area (Å²) in [6.45, 7) is 4.04. The van der Waals surface area contributed by atoms with Crippen molar-refractivity contribution in [1.82, 2.24) is 15.2 Å². The highest BCUT2D eigenvalue weighted by atomic mass is 32.1. The predicted molar refractivity (Wildman–Crippen MR) is 103 cm³/mol. The monoisotopic (exact) mass is 387 g/mol. The first-order chi connectivity index (χ1) is 12.5. The molecule has 26 heavy (non-hydrogen) atoms. The minimum Gasteiger partial charge on any atom is -0.300 e. The molecule has 134 valence electrons. The van der Waals surface area contributed by atoms with Crippen molar-refractivity contribution in [1.29, 1.82) is 0 Å². The highest BCUT2D eigenvalue weighted by Gasteiger charge is 2.13. The lowest BCUT2D eigenvalue weighted by Gasteiger charge is -2.01. The summed E-state index contributed by atoms with van der Waals surface area (Å²) in [5.41, 5.74) is 1.14. The number of benzene rings is 1. The van der Waals surface area contributed by atoms with Gasteiger partial charge in [0, 0.05) is 16.9 Å². The van der Waals surface area contributed by atoms with Crippen LogP contribution < -0.4 is 10.6 Å². The molecule has 3 rings (SSSR count). The fourth-order valence-electron chi connectivity index (χ4n) is 2.05. The van der Waals surface area contributed by atoms with Crippen LogP contribution >= 0.6 is 22.7 Å². The summed E-state index contributed by atoms with van der Waals surface area (Å²) < 4.78 is 0. The van der Waals surface area contributed by atoms with Crippen molar-refractivity contribution >= 4 is 44.8 Å². The second-order valence-corrected chi connectivity index (χ2v) is 7.66. The highest BCUT2D eigenvalue weighted by molar-refractivity contribution is 7.15. The van der Waals surface area contributed by atoms with Crippen LogP contribution in [0.25, 0.3) is 0 Å². The van der Waals surface area contributed by atoms with Crippen molar-refractivity contribution in [2.75, 3.05) is 10.6 Å². The van der Waals surface area contributed by atoms with Crippen LogP contribution in [0.4, 0.5) is 10.3 Å². The SMILES string of the molecule is CC(C)c1nnc(NC(=O)Cc2csc(NC(=O)c3ccccc3)n2)s1. The van der Waals surface area contributed by atoms with E-state index >= 15 is 0 Å². The molecule has 0 saturated heterocycles. The summed E-state index contributed by atoms with van der Waals surface area (Å²) in [7, 11) is 0. The highest BCUT2D eigenvalue weighted by Crippen LogP contribution is 2.23. The lowest BCUT2D eigenvalue weighted by atomic mass is 10.2. The van der Waals surface area contributed by atoms with E-state index in [1.54, 1.807) is 29.6 Å². The maximum atomic E-state index is 12.1. The van der Waals surface area contributed by atoms with Crippen molar-refractivity contribution in [2.24, 2.45) is 0 Å². The molecule has 0 aliphatic rings. The van der Waals surface area contributed by atoms with Gasteiger partial charge in [-0.05, 0) is 12.1 Å². The van der Waals surface area contributed by atoms with Crippen molar-refractivity contribution in [3.63, 3.8) is 0 Å². The third-order valence-corrected chi connectivity index (χ3v) is 5.28. The van der Waals surface area contributed by atoms with Gasteiger partial charge in [0.2, 0.25) is 11.0 Å². The number of anilines is 2. The smallest absolute Gasteiger partial charge is 0.257 e. The van der Waals surface area contributed by atoms with Crippen LogP contribution in [0.15, 0.2) is 35.7 Å². The van der Waals surface area contributed by atoms with Gasteiger partial charge in [-0.3, -0.25) is 14.9 Å². The first-order valence-electron chi connectivity index (χ1n) is 7.95. The maximum Gasteiger partial charge on any atom is 0.257 e. The molecule has 0 atom stereocenters. The van der Waals surface area contributed by atoms with Crippen molar-refractivity contribution in [2.45, 2.75) is 26.2 Å². The van der Waals surface area contributed by atoms with Crippen molar-refractivity contribution in [3.05, 3.63) is 52.0 Å². The molecule has 3 aromatic rings. The van der Waals surface area contributed by atoms with E-state index in [1.165, 1.54) is 22.7 Å². The molecule has 9 heteroatoms. The number of nitrogens with zero attached hydrogens (tertiary/aromatic N) is 3. The Balaban J connectivity index is 1.56. The summed E-state index contributed by atoms with van der Waals surface area (Å²) in [6, 6.07) is 8.89. The van der Waals surface area contributed by atoms with Crippen molar-refractivity contribution in [3.8, 4) is 0 Å². The molecule has 0 fully saturated rings. The third kappa shape index (κ3) is 4.70. The number of nitrogens with one attached hydrogen (secondary N) is 2. The molecule has 2 amide bonds. The number of aromatic nitrogens is 3. The summed E-state index contributed by atoms with van der Waals surface area (Å²) in [5, 5.41) is 17.0. The zero-order valence-electron chi connectivity index (χ0n) is 14.2. The molecule has 2 aromatic heterocycles. The van der Waals surface area contributed by atoms with Gasteiger partial charge in [-0.1, -0.05) is 43.4 Å². The Bertz CT molecular complexity index is 905. The molecule has 0 spiro atoms. The van der Waals surface area contributed by atoms with Gasteiger partial charge in [-0.15, -0.1) is 21.5 Å². The number of amides is 2. The number of carbonyl (C=O) groups is 2. The first kappa shape index (κ1) is 18.2. The van der Waals surface area contributed by atoms with E-state index in [2.05, 4.69) is 25.8 Å². The van der Waals surface area contributed by atoms with E-state index in [0.29, 0.717) is 21.5 Å². The molecule has 7 nitrogen and oxygen atoms in total. The lowest BCUT2D eigenvalue weighted by molar-refractivity contribution is -0.115. The zero-order valence-corrected chi connectivity index (χ0v) is 15.9. The van der Waals surface area contributed by atoms with Gasteiger partial charge >= 0.3 is 0 Å². The summed E-state index contributed by atoms with van der Waals surface area (Å²) in [6.07, 6.45) is 0.105. The molecule has 0 bridgehead atoms. The second-order valence-electron chi connectivity index (χ2n) is 5.79. The fourth-order valence-corrected chi connectivity index (χ4v) is 3.52. The summed E-state index contributed by atoms with van der Waals surface area (Å²) >= 11 is 2.64. The zero-order chi connectivity index (χ0) is 18.5. The average Bonchev–Trinajstić information content (AvgIpc) is 3.25. The van der Waals surface area contributed by atoms with E-state index in [4.69, 9.17) is 0 Å². The average molecular weight is 387 g/mol. The quantitative estimate of drug-likeness (QED) is 0.674. The minimum atomic E-state index is -0.231. The standard InChI is InChI=1S/C17H17N5O2S2/c1-10(2)15-21-22-17(26-15)19-13(23)8-12-9-25-16(18-12)20-14(24)11-6-4-3-5-7-11/h3-7,9-10H,8H2,1-2H3,(H,18,20,24)(H,19,22,23). The van der Waals surface area contributed by atoms with Gasteiger partial charge in [-0.2, -0.15) is 0 Å². The van der Waals surface area contributed by atoms with Gasteiger partial charge in [-0.25, -0.2) is 4.98 Å². The van der Waals surface area contributed by atoms with Crippen LogP contribution in [0.2, 0.25) is 0 Å². The molecular formula is C17H17N5O2S2. The van der Waals surface area contributed by atoms with Crippen LogP contribution in [0, 0.1) is 0 Å². The van der Waals surface area contributed by atoms with Gasteiger partial charge in [0.25, 0.3) is 5.91 Å². The Hall–Kier alpha value is -2.65. The van der Waals surface area contributed by atoms with E-state index < -0.39 is 0 Å². The van der Waals surface area contributed by atoms with Crippen LogP contribution in [0.1, 0.15) is 40.8 Å². The van der Waals surface area contributed by atoms with E-state index in [1.807, 2.05) is 19.9 Å². The lowest BCUT2D eigenvalue weighted by Crippen LogP contribution is -2.15. The van der Waals surface area contributed by atoms with Gasteiger partial charge in [0.1, 0.15) is 5.01 Å². The largest absolute Gasteiger partial charge is 0.300 e. The molecule has 0 unspecified atom stereocenters. The molecule has 0 saturated carbocycles. The Morgan fingerprint density at radius 3 is 2.54 bits per heavy atom. The summed E-state index contributed by atoms with van der Waals surface area (Å²) in [4.78, 5) is 28.5. The Morgan fingerprint density at radius 2 is 1.85 bits per heavy atom. The number of thiazole rings is 1. The first-order valence-corrected chi connectivity index (χ1v) is 9.65. The topological polar surface area (TPSA) is 96.9 Å². The Morgan fingerprint density at radius 1 is 1.08 bits per heavy atom. The molecule has 1 aromatic carbocycles. The number of carbonyl (C=O) groups excluding carboxylic acids is 2. The molecule has 0 radical (unpaired) electrons. The second kappa shape index (κ2) is 8.15. The number of hydrogen-bond donors (Lipinski definition) is 2. The normalized spacial score (nSPS) is 10.7. The predicted octanol–water partition coefficient (Wildman–Crippen LogP) is 3.55.